The third-order valence-electron chi connectivity index (χ3n) is 5.52. The zero-order valence-corrected chi connectivity index (χ0v) is 20.4. The van der Waals surface area contributed by atoms with Gasteiger partial charge >= 0.3 is 24.3 Å². The van der Waals surface area contributed by atoms with Crippen molar-refractivity contribution in [2.24, 2.45) is 0 Å². The molecule has 9 nitrogen and oxygen atoms in total. The number of nitrogens with one attached hydrogen (secondary N) is 1. The van der Waals surface area contributed by atoms with Crippen LogP contribution in [0.25, 0.3) is 0 Å². The molecule has 4 heterocycles. The van der Waals surface area contributed by atoms with Crippen molar-refractivity contribution < 1.29 is 55.3 Å². The van der Waals surface area contributed by atoms with Gasteiger partial charge in [-0.3, -0.25) is 9.88 Å². The topological polar surface area (TPSA) is 125 Å². The van der Waals surface area contributed by atoms with Crippen LogP contribution in [0.5, 0.6) is 0 Å². The molecule has 0 aromatic carbocycles. The Labute approximate surface area is 217 Å². The summed E-state index contributed by atoms with van der Waals surface area (Å²) in [6.45, 7) is 5.35. The molecule has 2 fully saturated rings. The lowest BCUT2D eigenvalue weighted by Gasteiger charge is -2.23. The average Bonchev–Trinajstić information content (AvgIpc) is 3.40. The van der Waals surface area contributed by atoms with E-state index in [-0.39, 0.29) is 17.5 Å². The summed E-state index contributed by atoms with van der Waals surface area (Å²) in [6, 6.07) is 9.26. The van der Waals surface area contributed by atoms with Crippen LogP contribution in [-0.4, -0.2) is 80.7 Å². The molecule has 0 saturated carbocycles. The van der Waals surface area contributed by atoms with Crippen molar-refractivity contribution >= 4 is 17.8 Å². The number of halogens is 7. The van der Waals surface area contributed by atoms with Crippen LogP contribution < -0.4 is 5.32 Å². The molecule has 4 rings (SSSR count). The molecule has 216 valence electrons. The number of hydrogen-bond donors (Lipinski definition) is 3. The third-order valence-corrected chi connectivity index (χ3v) is 5.52. The fraction of sp³-hybridized carbons (Fsp3) is 0.478. The second-order valence-corrected chi connectivity index (χ2v) is 8.71. The SMILES string of the molecule is Cc1cccc(CN2CCC3(CC(Nc4ncccc4F)CO3)C2)n1.O=C(O)C(F)(F)F.O=C(O)C(F)(F)F. The number of ether oxygens (including phenoxy) is 1. The van der Waals surface area contributed by atoms with Crippen molar-refractivity contribution in [3.63, 3.8) is 0 Å². The van der Waals surface area contributed by atoms with Gasteiger partial charge in [-0.1, -0.05) is 6.07 Å². The Bertz CT molecular complexity index is 1110. The zero-order valence-electron chi connectivity index (χ0n) is 20.4. The highest BCUT2D eigenvalue weighted by Gasteiger charge is 2.45. The Kier molecular flexibility index (Phi) is 10.6. The van der Waals surface area contributed by atoms with Crippen LogP contribution in [0.3, 0.4) is 0 Å². The Morgan fingerprint density at radius 1 is 1.10 bits per heavy atom. The molecule has 0 radical (unpaired) electrons. The van der Waals surface area contributed by atoms with Crippen LogP contribution in [0.15, 0.2) is 36.5 Å². The van der Waals surface area contributed by atoms with E-state index in [0.717, 1.165) is 43.9 Å². The zero-order chi connectivity index (χ0) is 29.4. The monoisotopic (exact) mass is 570 g/mol. The molecule has 2 aliphatic rings. The molecule has 2 saturated heterocycles. The minimum atomic E-state index is -5.08. The molecule has 2 aromatic heterocycles. The maximum Gasteiger partial charge on any atom is 0.490 e. The van der Waals surface area contributed by atoms with Crippen LogP contribution in [0.1, 0.15) is 24.2 Å². The summed E-state index contributed by atoms with van der Waals surface area (Å²) in [5.74, 6) is -5.52. The van der Waals surface area contributed by atoms with Crippen LogP contribution >= 0.6 is 0 Å². The molecule has 0 amide bonds. The van der Waals surface area contributed by atoms with Gasteiger partial charge in [0.1, 0.15) is 0 Å². The summed E-state index contributed by atoms with van der Waals surface area (Å²) in [5.41, 5.74) is 2.01. The fourth-order valence-electron chi connectivity index (χ4n) is 3.89. The van der Waals surface area contributed by atoms with Gasteiger partial charge in [0.25, 0.3) is 0 Å². The van der Waals surface area contributed by atoms with E-state index in [9.17, 15) is 30.7 Å². The number of hydrogen-bond acceptors (Lipinski definition) is 7. The van der Waals surface area contributed by atoms with E-state index in [2.05, 4.69) is 32.3 Å². The van der Waals surface area contributed by atoms with Gasteiger partial charge in [0.15, 0.2) is 11.6 Å². The molecule has 1 spiro atoms. The maximum atomic E-state index is 13.8. The maximum absolute atomic E-state index is 13.8. The van der Waals surface area contributed by atoms with Gasteiger partial charge in [0.05, 0.1) is 23.9 Å². The Morgan fingerprint density at radius 2 is 1.72 bits per heavy atom. The molecule has 16 heteroatoms. The molecule has 2 aromatic rings. The number of anilines is 1. The second-order valence-electron chi connectivity index (χ2n) is 8.71. The molecule has 2 unspecified atom stereocenters. The number of carbonyl (C=O) groups is 2. The van der Waals surface area contributed by atoms with Gasteiger partial charge in [-0.2, -0.15) is 26.3 Å². The molecule has 2 aliphatic heterocycles. The largest absolute Gasteiger partial charge is 0.490 e. The highest BCUT2D eigenvalue weighted by Crippen LogP contribution is 2.36. The fourth-order valence-corrected chi connectivity index (χ4v) is 3.89. The smallest absolute Gasteiger partial charge is 0.475 e. The van der Waals surface area contributed by atoms with Gasteiger partial charge in [0.2, 0.25) is 0 Å². The Morgan fingerprint density at radius 3 is 2.26 bits per heavy atom. The first-order valence-electron chi connectivity index (χ1n) is 11.3. The van der Waals surface area contributed by atoms with Crippen molar-refractivity contribution in [2.75, 3.05) is 25.0 Å². The number of nitrogens with zero attached hydrogens (tertiary/aromatic N) is 3. The highest BCUT2D eigenvalue weighted by molar-refractivity contribution is 5.73. The first-order valence-corrected chi connectivity index (χ1v) is 11.3. The van der Waals surface area contributed by atoms with E-state index < -0.39 is 24.3 Å². The molecule has 39 heavy (non-hydrogen) atoms. The summed E-state index contributed by atoms with van der Waals surface area (Å²) in [5, 5.41) is 17.4. The quantitative estimate of drug-likeness (QED) is 0.468. The Hall–Kier alpha value is -3.53. The van der Waals surface area contributed by atoms with Gasteiger partial charge in [-0.15, -0.1) is 0 Å². The van der Waals surface area contributed by atoms with Crippen molar-refractivity contribution in [3.8, 4) is 0 Å². The minimum absolute atomic E-state index is 0.0986. The molecular weight excluding hydrogens is 545 g/mol. The van der Waals surface area contributed by atoms with E-state index in [1.807, 2.05) is 13.0 Å². The second kappa shape index (κ2) is 13.0. The molecule has 0 aliphatic carbocycles. The third kappa shape index (κ3) is 10.3. The summed E-state index contributed by atoms with van der Waals surface area (Å²) in [7, 11) is 0. The highest BCUT2D eigenvalue weighted by atomic mass is 19.4. The number of aryl methyl sites for hydroxylation is 1. The van der Waals surface area contributed by atoms with Crippen molar-refractivity contribution in [1.29, 1.82) is 0 Å². The summed E-state index contributed by atoms with van der Waals surface area (Å²) < 4.78 is 83.4. The minimum Gasteiger partial charge on any atom is -0.475 e. The van der Waals surface area contributed by atoms with Crippen LogP contribution in [0.2, 0.25) is 0 Å². The number of alkyl halides is 6. The first-order chi connectivity index (χ1) is 18.0. The lowest BCUT2D eigenvalue weighted by Crippen LogP contribution is -2.33. The van der Waals surface area contributed by atoms with Crippen molar-refractivity contribution in [1.82, 2.24) is 14.9 Å². The predicted molar refractivity (Wildman–Crippen MR) is 121 cm³/mol. The van der Waals surface area contributed by atoms with E-state index in [4.69, 9.17) is 24.5 Å². The number of carboxylic acid groups (broad SMARTS) is 2. The number of likely N-dealkylation sites (tertiary alicyclic amines) is 1. The van der Waals surface area contributed by atoms with E-state index in [1.165, 1.54) is 6.07 Å². The van der Waals surface area contributed by atoms with Gasteiger partial charge in [-0.25, -0.2) is 19.0 Å². The number of aromatic nitrogens is 2. The average molecular weight is 570 g/mol. The normalized spacial score (nSPS) is 21.0. The van der Waals surface area contributed by atoms with E-state index in [0.29, 0.717) is 12.4 Å². The molecule has 2 atom stereocenters. The summed E-state index contributed by atoms with van der Waals surface area (Å²) in [4.78, 5) is 28.8. The van der Waals surface area contributed by atoms with Gasteiger partial charge < -0.3 is 20.3 Å². The van der Waals surface area contributed by atoms with Crippen LogP contribution in [-0.2, 0) is 20.9 Å². The van der Waals surface area contributed by atoms with Crippen LogP contribution in [0, 0.1) is 12.7 Å². The van der Waals surface area contributed by atoms with E-state index >= 15 is 0 Å². The predicted octanol–water partition coefficient (Wildman–Crippen LogP) is 4.04. The molecule has 3 N–H and O–H groups in total. The summed E-state index contributed by atoms with van der Waals surface area (Å²) in [6.07, 6.45) is -6.69. The van der Waals surface area contributed by atoms with Crippen LogP contribution in [0.4, 0.5) is 36.6 Å². The van der Waals surface area contributed by atoms with Gasteiger partial charge in [-0.05, 0) is 37.6 Å². The number of rotatable bonds is 4. The Balaban J connectivity index is 0.000000317. The lowest BCUT2D eigenvalue weighted by atomic mass is 9.97. The standard InChI is InChI=1S/C19H23FN4O.2C2HF3O2/c1-14-4-2-5-15(22-14)11-24-9-7-19(13-24)10-16(12-25-19)23-18-17(20)6-3-8-21-18;2*3-2(4,5)1(6)7/h2-6,8,16H,7,9-13H2,1H3,(H,21,23);2*(H,6,7). The first kappa shape index (κ1) is 31.7. The number of carboxylic acids is 2. The van der Waals surface area contributed by atoms with Gasteiger partial charge in [0, 0.05) is 37.9 Å². The van der Waals surface area contributed by atoms with E-state index in [1.54, 1.807) is 12.3 Å². The lowest BCUT2D eigenvalue weighted by molar-refractivity contribution is -0.193. The molecule has 0 bridgehead atoms. The van der Waals surface area contributed by atoms with Crippen molar-refractivity contribution in [2.45, 2.75) is 50.3 Å². The molecular formula is C23H25F7N4O5. The summed E-state index contributed by atoms with van der Waals surface area (Å²) >= 11 is 0. The van der Waals surface area contributed by atoms with Crippen molar-refractivity contribution in [3.05, 3.63) is 53.7 Å². The number of aliphatic carboxylic acids is 2. The number of pyridine rings is 2.